The Morgan fingerprint density at radius 1 is 0.964 bits per heavy atom. The lowest BCUT2D eigenvalue weighted by molar-refractivity contribution is 0.122. The summed E-state index contributed by atoms with van der Waals surface area (Å²) in [6.07, 6.45) is 10.8. The smallest absolute Gasteiger partial charge is 0.232 e. The lowest BCUT2D eigenvalue weighted by atomic mass is 9.93. The van der Waals surface area contributed by atoms with Gasteiger partial charge in [0.25, 0.3) is 0 Å². The molecule has 0 amide bonds. The molecule has 3 aliphatic rings. The number of rotatable bonds is 14. The van der Waals surface area contributed by atoms with Crippen LogP contribution in [0.1, 0.15) is 44.3 Å². The molecule has 55 heavy (non-hydrogen) atoms. The summed E-state index contributed by atoms with van der Waals surface area (Å²) in [5.74, 6) is 2.56. The summed E-state index contributed by atoms with van der Waals surface area (Å²) in [5, 5.41) is 13.5. The molecule has 7 rings (SSSR count). The zero-order chi connectivity index (χ0) is 38.5. The molecular weight excluding hydrogens is 729 g/mol. The molecule has 18 nitrogen and oxygen atoms in total. The number of morpholine rings is 1. The van der Waals surface area contributed by atoms with Crippen molar-refractivity contribution in [1.29, 1.82) is 0 Å². The van der Waals surface area contributed by atoms with Gasteiger partial charge in [0.2, 0.25) is 27.8 Å². The van der Waals surface area contributed by atoms with E-state index in [0.29, 0.717) is 72.8 Å². The van der Waals surface area contributed by atoms with Gasteiger partial charge >= 0.3 is 0 Å². The summed E-state index contributed by atoms with van der Waals surface area (Å²) in [4.78, 5) is 29.8. The summed E-state index contributed by atoms with van der Waals surface area (Å²) in [6, 6.07) is 3.19. The van der Waals surface area contributed by atoms with Gasteiger partial charge in [0.1, 0.15) is 18.5 Å². The Morgan fingerprint density at radius 2 is 1.69 bits per heavy atom. The molecule has 1 aliphatic carbocycles. The molecular formula is C36H52N12O6S. The van der Waals surface area contributed by atoms with Crippen molar-refractivity contribution in [3.63, 3.8) is 0 Å². The molecule has 0 aromatic carbocycles. The third-order valence-corrected chi connectivity index (χ3v) is 11.9. The number of hydrogen-bond acceptors (Lipinski definition) is 16. The number of likely N-dealkylation sites (N-methyl/N-ethyl adjacent to an activating group) is 1. The van der Waals surface area contributed by atoms with Gasteiger partial charge < -0.3 is 33.9 Å². The van der Waals surface area contributed by atoms with Gasteiger partial charge in [0, 0.05) is 65.0 Å². The van der Waals surface area contributed by atoms with E-state index < -0.39 is 16.1 Å². The highest BCUT2D eigenvalue weighted by atomic mass is 32.2. The predicted molar refractivity (Wildman–Crippen MR) is 209 cm³/mol. The van der Waals surface area contributed by atoms with Crippen molar-refractivity contribution in [1.82, 2.24) is 39.3 Å². The number of fused-ring (bicyclic) bond motifs is 1. The number of nitrogens with zero attached hydrogens (tertiary/aromatic N) is 10. The number of pyridine rings is 2. The maximum Gasteiger partial charge on any atom is 0.232 e. The highest BCUT2D eigenvalue weighted by molar-refractivity contribution is 7.92. The van der Waals surface area contributed by atoms with Crippen LogP contribution in [0.4, 0.5) is 23.4 Å². The first-order valence-electron chi connectivity index (χ1n) is 18.9. The number of sulfonamides is 1. The van der Waals surface area contributed by atoms with Crippen molar-refractivity contribution in [3.05, 3.63) is 42.6 Å². The van der Waals surface area contributed by atoms with E-state index in [2.05, 4.69) is 42.0 Å². The minimum absolute atomic E-state index is 0.113. The van der Waals surface area contributed by atoms with Gasteiger partial charge in [0.05, 0.1) is 72.6 Å². The lowest BCUT2D eigenvalue weighted by Crippen LogP contribution is -2.45. The third kappa shape index (κ3) is 9.29. The number of anilines is 4. The van der Waals surface area contributed by atoms with Crippen molar-refractivity contribution < 1.29 is 27.8 Å². The molecule has 1 atom stereocenters. The highest BCUT2D eigenvalue weighted by Crippen LogP contribution is 2.36. The average Bonchev–Trinajstić information content (AvgIpc) is 3.57. The predicted octanol–water partition coefficient (Wildman–Crippen LogP) is 2.75. The van der Waals surface area contributed by atoms with E-state index >= 15 is 0 Å². The van der Waals surface area contributed by atoms with Crippen molar-refractivity contribution in [2.75, 3.05) is 98.9 Å². The Kier molecular flexibility index (Phi) is 12.0. The topological polar surface area (TPSA) is 188 Å². The molecule has 298 valence electrons. The number of piperazine rings is 1. The van der Waals surface area contributed by atoms with Crippen LogP contribution in [0.5, 0.6) is 11.6 Å². The molecule has 3 N–H and O–H groups in total. The van der Waals surface area contributed by atoms with Gasteiger partial charge in [-0.3, -0.25) is 19.4 Å². The summed E-state index contributed by atoms with van der Waals surface area (Å²) in [7, 11) is 0.0468. The molecule has 0 bridgehead atoms. The second-order valence-electron chi connectivity index (χ2n) is 14.5. The molecule has 0 radical (unpaired) electrons. The Balaban J connectivity index is 1.04. The first-order chi connectivity index (χ1) is 26.6. The number of aromatic nitrogens is 6. The highest BCUT2D eigenvalue weighted by Gasteiger charge is 2.30. The summed E-state index contributed by atoms with van der Waals surface area (Å²) >= 11 is 0. The van der Waals surface area contributed by atoms with Crippen LogP contribution in [0.25, 0.3) is 10.9 Å². The van der Waals surface area contributed by atoms with E-state index in [9.17, 15) is 13.6 Å². The molecule has 1 saturated carbocycles. The Bertz CT molecular complexity index is 2000. The minimum Gasteiger partial charge on any atom is -0.489 e. The average molecular weight is 781 g/mol. The van der Waals surface area contributed by atoms with Crippen LogP contribution in [-0.4, -0.2) is 144 Å². The Labute approximate surface area is 321 Å². The molecule has 19 heteroatoms. The molecule has 1 unspecified atom stereocenters. The molecule has 4 aromatic rings. The Hall–Kier alpha value is -4.56. The first kappa shape index (κ1) is 38.7. The number of hydrogen-bond donors (Lipinski definition) is 3. The van der Waals surface area contributed by atoms with E-state index in [1.165, 1.54) is 10.5 Å². The van der Waals surface area contributed by atoms with Gasteiger partial charge in [-0.2, -0.15) is 4.98 Å². The second kappa shape index (κ2) is 17.1. The van der Waals surface area contributed by atoms with Crippen molar-refractivity contribution in [2.24, 2.45) is 7.05 Å². The number of nitrogens with one attached hydrogen (secondary N) is 2. The zero-order valence-corrected chi connectivity index (χ0v) is 32.8. The van der Waals surface area contributed by atoms with E-state index in [0.717, 1.165) is 70.5 Å². The summed E-state index contributed by atoms with van der Waals surface area (Å²) in [6.45, 7) is 10.1. The molecule has 2 aliphatic heterocycles. The summed E-state index contributed by atoms with van der Waals surface area (Å²) < 4.78 is 47.7. The van der Waals surface area contributed by atoms with Crippen LogP contribution in [-0.2, 0) is 21.8 Å². The fraction of sp³-hybridized carbons (Fsp3) is 0.583. The number of imidazole rings is 1. The van der Waals surface area contributed by atoms with Gasteiger partial charge in [0.15, 0.2) is 5.75 Å². The Morgan fingerprint density at radius 3 is 2.36 bits per heavy atom. The van der Waals surface area contributed by atoms with Crippen LogP contribution in [0.2, 0.25) is 0 Å². The van der Waals surface area contributed by atoms with E-state index in [1.54, 1.807) is 43.2 Å². The normalized spacial score (nSPS) is 20.6. The van der Waals surface area contributed by atoms with Gasteiger partial charge in [-0.05, 0) is 45.7 Å². The second-order valence-corrected chi connectivity index (χ2v) is 16.4. The number of ether oxygens (including phenoxy) is 3. The third-order valence-electron chi connectivity index (χ3n) is 10.7. The lowest BCUT2D eigenvalue weighted by Gasteiger charge is -2.32. The molecule has 0 spiro atoms. The molecule has 4 aromatic heterocycles. The van der Waals surface area contributed by atoms with Crippen molar-refractivity contribution >= 4 is 44.3 Å². The first-order valence-corrected chi connectivity index (χ1v) is 20.7. The van der Waals surface area contributed by atoms with Crippen LogP contribution >= 0.6 is 0 Å². The SMILES string of the molecule is CC(c1cnc(NO)n1C)N(c1cnc2cc(N3CCOCC3)nc(O[C@H]3CC[C@@H](Nc4ncc(OCCN5CCN(C)CC5)cn4)CC3)c2c1)S(C)(=O)=O. The molecule has 6 heterocycles. The monoisotopic (exact) mass is 780 g/mol. The van der Waals surface area contributed by atoms with Gasteiger partial charge in [-0.25, -0.2) is 28.8 Å². The van der Waals surface area contributed by atoms with Crippen molar-refractivity contribution in [3.8, 4) is 11.6 Å². The zero-order valence-electron chi connectivity index (χ0n) is 32.0. The van der Waals surface area contributed by atoms with Crippen LogP contribution in [0.15, 0.2) is 36.9 Å². The standard InChI is InChI=1S/C36H52N12O6S/c1-25(32-24-40-36(43-49)45(32)3)48(55(4,50)51)27-19-30-31(37-21-27)20-33(47-14-16-52-17-15-47)42-34(30)54-28-7-5-26(6-8-28)41-35-38-22-29(23-39-35)53-18-13-46-11-9-44(2)10-12-46/h19-26,28,49H,5-18H2,1-4H3,(H,40,43)(H,38,39,41)/t25?,26-,28+. The van der Waals surface area contributed by atoms with Crippen LogP contribution in [0, 0.1) is 0 Å². The van der Waals surface area contributed by atoms with E-state index in [4.69, 9.17) is 24.2 Å². The van der Waals surface area contributed by atoms with E-state index in [1.807, 2.05) is 11.5 Å². The maximum atomic E-state index is 13.3. The van der Waals surface area contributed by atoms with Gasteiger partial charge in [-0.15, -0.1) is 0 Å². The van der Waals surface area contributed by atoms with Crippen molar-refractivity contribution in [2.45, 2.75) is 50.8 Å². The minimum atomic E-state index is -3.80. The molecule has 2 saturated heterocycles. The van der Waals surface area contributed by atoms with Crippen LogP contribution < -0.4 is 29.5 Å². The van der Waals surface area contributed by atoms with Gasteiger partial charge in [-0.1, -0.05) is 0 Å². The fourth-order valence-corrected chi connectivity index (χ4v) is 8.63. The quantitative estimate of drug-likeness (QED) is 0.158. The molecule has 3 fully saturated rings. The maximum absolute atomic E-state index is 13.3. The fourth-order valence-electron chi connectivity index (χ4n) is 7.47. The largest absolute Gasteiger partial charge is 0.489 e. The van der Waals surface area contributed by atoms with Crippen LogP contribution in [0.3, 0.4) is 0 Å². The summed E-state index contributed by atoms with van der Waals surface area (Å²) in [5.41, 5.74) is 3.60. The van der Waals surface area contributed by atoms with E-state index in [-0.39, 0.29) is 18.1 Å².